The van der Waals surface area contributed by atoms with E-state index in [1.165, 1.54) is 5.56 Å². The molecule has 1 heterocycles. The molecule has 3 aromatic rings. The first-order valence-corrected chi connectivity index (χ1v) is 9.32. The number of aryl methyl sites for hydroxylation is 1. The number of halogens is 3. The van der Waals surface area contributed by atoms with Crippen molar-refractivity contribution >= 4 is 39.1 Å². The summed E-state index contributed by atoms with van der Waals surface area (Å²) in [5, 5.41) is 1.39. The Morgan fingerprint density at radius 3 is 2.54 bits per heavy atom. The van der Waals surface area contributed by atoms with Gasteiger partial charge in [-0.15, -0.1) is 0 Å². The summed E-state index contributed by atoms with van der Waals surface area (Å²) in [6.07, 6.45) is 7.62. The zero-order chi connectivity index (χ0) is 16.9. The molecule has 0 radical (unpaired) electrons. The van der Waals surface area contributed by atoms with Gasteiger partial charge >= 0.3 is 0 Å². The summed E-state index contributed by atoms with van der Waals surface area (Å²) < 4.78 is 3.19. The largest absolute Gasteiger partial charge is 0.337 e. The van der Waals surface area contributed by atoms with Gasteiger partial charge in [-0.2, -0.15) is 0 Å². The monoisotopic (exact) mass is 422 g/mol. The molecule has 0 unspecified atom stereocenters. The van der Waals surface area contributed by atoms with Crippen LogP contribution in [0.4, 0.5) is 0 Å². The van der Waals surface area contributed by atoms with Crippen LogP contribution < -0.4 is 0 Å². The van der Waals surface area contributed by atoms with Crippen LogP contribution in [-0.4, -0.2) is 9.55 Å². The number of imidazole rings is 1. The molecule has 2 aromatic carbocycles. The molecule has 5 heteroatoms. The number of rotatable bonds is 6. The van der Waals surface area contributed by atoms with E-state index >= 15 is 0 Å². The summed E-state index contributed by atoms with van der Waals surface area (Å²) in [4.78, 5) is 4.14. The van der Waals surface area contributed by atoms with Gasteiger partial charge in [0.25, 0.3) is 0 Å². The highest BCUT2D eigenvalue weighted by atomic mass is 79.9. The van der Waals surface area contributed by atoms with E-state index in [0.717, 1.165) is 34.4 Å². The minimum absolute atomic E-state index is 0.299. The van der Waals surface area contributed by atoms with Crippen LogP contribution in [0, 0.1) is 0 Å². The zero-order valence-corrected chi connectivity index (χ0v) is 16.1. The van der Waals surface area contributed by atoms with Crippen LogP contribution in [0.3, 0.4) is 0 Å². The van der Waals surface area contributed by atoms with Crippen molar-refractivity contribution in [3.63, 3.8) is 0 Å². The van der Waals surface area contributed by atoms with Gasteiger partial charge in [-0.05, 0) is 48.2 Å². The summed E-state index contributed by atoms with van der Waals surface area (Å²) in [5.41, 5.74) is 2.45. The molecule has 0 aliphatic heterocycles. The Hall–Kier alpha value is -1.29. The van der Waals surface area contributed by atoms with Gasteiger partial charge in [-0.3, -0.25) is 0 Å². The van der Waals surface area contributed by atoms with Gasteiger partial charge in [-0.1, -0.05) is 57.3 Å². The lowest BCUT2D eigenvalue weighted by Crippen LogP contribution is -2.10. The van der Waals surface area contributed by atoms with Crippen LogP contribution in [0.25, 0.3) is 0 Å². The smallest absolute Gasteiger partial charge is 0.0946 e. The van der Waals surface area contributed by atoms with Crippen LogP contribution in [0.15, 0.2) is 65.7 Å². The summed E-state index contributed by atoms with van der Waals surface area (Å²) in [6.45, 7) is 0.845. The van der Waals surface area contributed by atoms with Crippen LogP contribution in [0.5, 0.6) is 0 Å². The Kier molecular flexibility index (Phi) is 5.99. The predicted octanol–water partition coefficient (Wildman–Crippen LogP) is 6.37. The first-order valence-electron chi connectivity index (χ1n) is 7.77. The van der Waals surface area contributed by atoms with Crippen LogP contribution >= 0.6 is 39.1 Å². The molecule has 0 spiro atoms. The molecule has 0 aliphatic rings. The highest BCUT2D eigenvalue weighted by Gasteiger charge is 2.16. The summed E-state index contributed by atoms with van der Waals surface area (Å²) in [6, 6.07) is 14.2. The molecule has 0 amide bonds. The summed E-state index contributed by atoms with van der Waals surface area (Å²) in [7, 11) is 0. The molecule has 0 bridgehead atoms. The van der Waals surface area contributed by atoms with Crippen molar-refractivity contribution in [2.24, 2.45) is 0 Å². The molecular weight excluding hydrogens is 407 g/mol. The highest BCUT2D eigenvalue weighted by molar-refractivity contribution is 9.10. The van der Waals surface area contributed by atoms with E-state index in [2.05, 4.69) is 49.7 Å². The number of nitrogens with zero attached hydrogens (tertiary/aromatic N) is 2. The van der Waals surface area contributed by atoms with Crippen molar-refractivity contribution < 1.29 is 0 Å². The fourth-order valence-corrected chi connectivity index (χ4v) is 3.65. The molecule has 1 aromatic heterocycles. The number of hydrogen-bond donors (Lipinski definition) is 0. The third-order valence-electron chi connectivity index (χ3n) is 4.09. The average Bonchev–Trinajstić information content (AvgIpc) is 3.06. The van der Waals surface area contributed by atoms with Gasteiger partial charge in [0, 0.05) is 39.4 Å². The van der Waals surface area contributed by atoms with Gasteiger partial charge < -0.3 is 4.57 Å². The van der Waals surface area contributed by atoms with Gasteiger partial charge in [0.2, 0.25) is 0 Å². The quantitative estimate of drug-likeness (QED) is 0.450. The lowest BCUT2D eigenvalue weighted by Gasteiger charge is -2.19. The molecule has 1 atom stereocenters. The van der Waals surface area contributed by atoms with Crippen LogP contribution in [0.2, 0.25) is 10.0 Å². The maximum atomic E-state index is 6.45. The van der Waals surface area contributed by atoms with E-state index in [1.54, 1.807) is 6.20 Å². The highest BCUT2D eigenvalue weighted by Crippen LogP contribution is 2.32. The van der Waals surface area contributed by atoms with Crippen molar-refractivity contribution in [1.82, 2.24) is 9.55 Å². The molecule has 124 valence electrons. The van der Waals surface area contributed by atoms with Gasteiger partial charge in [0.15, 0.2) is 0 Å². The second-order valence-electron chi connectivity index (χ2n) is 5.79. The number of hydrogen-bond acceptors (Lipinski definition) is 1. The summed E-state index contributed by atoms with van der Waals surface area (Å²) in [5.74, 6) is 0.299. The van der Waals surface area contributed by atoms with Crippen molar-refractivity contribution in [3.05, 3.63) is 86.8 Å². The Labute approximate surface area is 160 Å². The minimum atomic E-state index is 0.299. The molecule has 24 heavy (non-hydrogen) atoms. The van der Waals surface area contributed by atoms with E-state index in [-0.39, 0.29) is 0 Å². The topological polar surface area (TPSA) is 17.8 Å². The number of aromatic nitrogens is 2. The number of benzene rings is 2. The fourth-order valence-electron chi connectivity index (χ4n) is 2.82. The van der Waals surface area contributed by atoms with Crippen molar-refractivity contribution in [2.75, 3.05) is 0 Å². The standard InChI is InChI=1S/C19H17BrCl2N2/c20-16-5-2-14(3-6-16)1-4-15(12-24-10-9-23-13-24)18-8-7-17(21)11-19(18)22/h2-3,5-11,13,15H,1,4,12H2/t15-/m0/s1. The van der Waals surface area contributed by atoms with E-state index in [0.29, 0.717) is 10.9 Å². The second-order valence-corrected chi connectivity index (χ2v) is 7.55. The molecule has 0 saturated carbocycles. The first kappa shape index (κ1) is 17.5. The molecule has 0 aliphatic carbocycles. The minimum Gasteiger partial charge on any atom is -0.337 e. The Morgan fingerprint density at radius 1 is 1.08 bits per heavy atom. The van der Waals surface area contributed by atoms with Crippen molar-refractivity contribution in [1.29, 1.82) is 0 Å². The molecule has 0 saturated heterocycles. The lowest BCUT2D eigenvalue weighted by molar-refractivity contribution is 0.525. The van der Waals surface area contributed by atoms with E-state index in [4.69, 9.17) is 23.2 Å². The summed E-state index contributed by atoms with van der Waals surface area (Å²) >= 11 is 16.0. The molecule has 2 nitrogen and oxygen atoms in total. The Bertz CT molecular complexity index is 786. The third kappa shape index (κ3) is 4.62. The van der Waals surface area contributed by atoms with Crippen molar-refractivity contribution in [2.45, 2.75) is 25.3 Å². The van der Waals surface area contributed by atoms with E-state index in [1.807, 2.05) is 30.7 Å². The second kappa shape index (κ2) is 8.19. The SMILES string of the molecule is Clc1ccc([C@@H](CCc2ccc(Br)cc2)Cn2ccnc2)c(Cl)c1. The van der Waals surface area contributed by atoms with Gasteiger partial charge in [0.1, 0.15) is 0 Å². The lowest BCUT2D eigenvalue weighted by atomic mass is 9.92. The third-order valence-corrected chi connectivity index (χ3v) is 5.18. The van der Waals surface area contributed by atoms with Crippen LogP contribution in [-0.2, 0) is 13.0 Å². The van der Waals surface area contributed by atoms with Gasteiger partial charge in [-0.25, -0.2) is 4.98 Å². The van der Waals surface area contributed by atoms with Crippen molar-refractivity contribution in [3.8, 4) is 0 Å². The molecular formula is C19H17BrCl2N2. The van der Waals surface area contributed by atoms with Gasteiger partial charge in [0.05, 0.1) is 6.33 Å². The molecule has 0 fully saturated rings. The average molecular weight is 424 g/mol. The fraction of sp³-hybridized carbons (Fsp3) is 0.211. The molecule has 0 N–H and O–H groups in total. The van der Waals surface area contributed by atoms with Crippen LogP contribution in [0.1, 0.15) is 23.5 Å². The maximum absolute atomic E-state index is 6.45. The first-order chi connectivity index (χ1) is 11.6. The normalized spacial score (nSPS) is 12.3. The predicted molar refractivity (Wildman–Crippen MR) is 104 cm³/mol. The maximum Gasteiger partial charge on any atom is 0.0946 e. The molecule has 3 rings (SSSR count). The van der Waals surface area contributed by atoms with E-state index < -0.39 is 0 Å². The Morgan fingerprint density at radius 2 is 1.88 bits per heavy atom. The zero-order valence-electron chi connectivity index (χ0n) is 13.0. The van der Waals surface area contributed by atoms with E-state index in [9.17, 15) is 0 Å². The Balaban J connectivity index is 1.80.